The summed E-state index contributed by atoms with van der Waals surface area (Å²) >= 11 is 0. The van der Waals surface area contributed by atoms with E-state index in [1.807, 2.05) is 24.3 Å². The van der Waals surface area contributed by atoms with E-state index in [9.17, 15) is 0 Å². The lowest BCUT2D eigenvalue weighted by molar-refractivity contribution is 0.0612. The maximum Gasteiger partial charge on any atom is 0.248 e. The highest BCUT2D eigenvalue weighted by Crippen LogP contribution is 2.40. The Bertz CT molecular complexity index is 1160. The van der Waals surface area contributed by atoms with Crippen molar-refractivity contribution in [3.63, 3.8) is 0 Å². The molecule has 3 heterocycles. The summed E-state index contributed by atoms with van der Waals surface area (Å²) in [5.41, 5.74) is 6.37. The first kappa shape index (κ1) is 21.5. The first-order valence-electron chi connectivity index (χ1n) is 11.4. The van der Waals surface area contributed by atoms with Gasteiger partial charge in [0.2, 0.25) is 11.8 Å². The number of aromatic nitrogens is 2. The molecule has 0 bridgehead atoms. The number of methoxy groups -OCH3 is 1. The van der Waals surface area contributed by atoms with Crippen LogP contribution in [0.4, 0.5) is 0 Å². The highest BCUT2D eigenvalue weighted by atomic mass is 16.5. The molecule has 0 amide bonds. The summed E-state index contributed by atoms with van der Waals surface area (Å²) in [5, 5.41) is 14.8. The molecular formula is C26H31N5O2. The lowest BCUT2D eigenvalue weighted by atomic mass is 9.84. The van der Waals surface area contributed by atoms with E-state index < -0.39 is 5.41 Å². The van der Waals surface area contributed by atoms with Crippen molar-refractivity contribution < 1.29 is 9.15 Å². The lowest BCUT2D eigenvalue weighted by Crippen LogP contribution is -2.56. The van der Waals surface area contributed by atoms with Gasteiger partial charge in [0.15, 0.2) is 0 Å². The first-order chi connectivity index (χ1) is 15.8. The van der Waals surface area contributed by atoms with Crippen molar-refractivity contribution >= 4 is 5.57 Å². The largest absolute Gasteiger partial charge is 0.497 e. The Kier molecular flexibility index (Phi) is 5.16. The smallest absolute Gasteiger partial charge is 0.248 e. The van der Waals surface area contributed by atoms with Crippen LogP contribution in [0.3, 0.4) is 0 Å². The van der Waals surface area contributed by atoms with Gasteiger partial charge in [-0.1, -0.05) is 42.5 Å². The molecule has 1 atom stereocenters. The third kappa shape index (κ3) is 3.76. The number of nitrogens with zero attached hydrogens (tertiary/aromatic N) is 3. The predicted octanol–water partition coefficient (Wildman–Crippen LogP) is 4.41. The molecule has 1 saturated heterocycles. The van der Waals surface area contributed by atoms with Crippen molar-refractivity contribution in [2.75, 3.05) is 13.7 Å². The Balaban J connectivity index is 1.48. The van der Waals surface area contributed by atoms with Crippen molar-refractivity contribution in [1.29, 1.82) is 0 Å². The zero-order valence-electron chi connectivity index (χ0n) is 19.8. The second-order valence-electron chi connectivity index (χ2n) is 9.89. The summed E-state index contributed by atoms with van der Waals surface area (Å²) in [6, 6.07) is 18.8. The van der Waals surface area contributed by atoms with Gasteiger partial charge in [0.1, 0.15) is 11.6 Å². The molecule has 1 aromatic heterocycles. The van der Waals surface area contributed by atoms with Gasteiger partial charge in [-0.25, -0.2) is 5.43 Å². The first-order valence-corrected chi connectivity index (χ1v) is 11.4. The van der Waals surface area contributed by atoms with Gasteiger partial charge in [-0.2, -0.15) is 0 Å². The van der Waals surface area contributed by atoms with Crippen molar-refractivity contribution in [3.8, 4) is 5.75 Å². The van der Waals surface area contributed by atoms with E-state index >= 15 is 0 Å². The summed E-state index contributed by atoms with van der Waals surface area (Å²) in [6.07, 6.45) is 0.973. The van der Waals surface area contributed by atoms with Crippen LogP contribution < -0.4 is 15.5 Å². The van der Waals surface area contributed by atoms with E-state index in [4.69, 9.17) is 9.15 Å². The van der Waals surface area contributed by atoms with Crippen LogP contribution in [0.15, 0.2) is 64.8 Å². The molecular weight excluding hydrogens is 414 g/mol. The molecule has 172 valence electrons. The average molecular weight is 446 g/mol. The Labute approximate surface area is 194 Å². The van der Waals surface area contributed by atoms with E-state index in [2.05, 4.69) is 84.0 Å². The van der Waals surface area contributed by atoms with Gasteiger partial charge in [0.25, 0.3) is 0 Å². The molecule has 5 rings (SSSR count). The Morgan fingerprint density at radius 2 is 1.79 bits per heavy atom. The second-order valence-corrected chi connectivity index (χ2v) is 9.89. The summed E-state index contributed by atoms with van der Waals surface area (Å²) in [4.78, 5) is 0. The van der Waals surface area contributed by atoms with Crippen LogP contribution in [-0.4, -0.2) is 34.4 Å². The number of hydrogen-bond acceptors (Lipinski definition) is 7. The quantitative estimate of drug-likeness (QED) is 0.603. The molecule has 1 unspecified atom stereocenters. The van der Waals surface area contributed by atoms with Gasteiger partial charge in [-0.05, 0) is 57.4 Å². The molecule has 0 aliphatic carbocycles. The molecule has 3 aromatic rings. The number of ether oxygens (including phenoxy) is 1. The van der Waals surface area contributed by atoms with Gasteiger partial charge < -0.3 is 14.5 Å². The average Bonchev–Trinajstić information content (AvgIpc) is 3.47. The zero-order valence-corrected chi connectivity index (χ0v) is 19.8. The lowest BCUT2D eigenvalue weighted by Gasteiger charge is -2.46. The van der Waals surface area contributed by atoms with Crippen LogP contribution in [0.25, 0.3) is 5.57 Å². The summed E-state index contributed by atoms with van der Waals surface area (Å²) in [6.45, 7) is 9.34. The highest BCUT2D eigenvalue weighted by molar-refractivity contribution is 5.65. The van der Waals surface area contributed by atoms with Crippen molar-refractivity contribution in [2.24, 2.45) is 0 Å². The van der Waals surface area contributed by atoms with Crippen LogP contribution in [-0.2, 0) is 5.41 Å². The Morgan fingerprint density at radius 3 is 2.48 bits per heavy atom. The fraction of sp³-hybridized carbons (Fsp3) is 0.385. The maximum atomic E-state index is 6.28. The zero-order chi connectivity index (χ0) is 23.2. The number of benzene rings is 2. The van der Waals surface area contributed by atoms with Crippen LogP contribution in [0, 0.1) is 0 Å². The normalized spacial score (nSPS) is 19.9. The number of nitrogens with one attached hydrogen (secondary N) is 2. The van der Waals surface area contributed by atoms with E-state index in [-0.39, 0.29) is 11.6 Å². The number of fused-ring (bicyclic) bond motifs is 1. The van der Waals surface area contributed by atoms with Crippen LogP contribution in [0.2, 0.25) is 0 Å². The molecule has 33 heavy (non-hydrogen) atoms. The highest BCUT2D eigenvalue weighted by Gasteiger charge is 2.43. The van der Waals surface area contributed by atoms with Crippen LogP contribution in [0.1, 0.15) is 63.1 Å². The molecule has 0 spiro atoms. The minimum absolute atomic E-state index is 0.0753. The number of hydrogen-bond donors (Lipinski definition) is 2. The third-order valence-electron chi connectivity index (χ3n) is 6.77. The fourth-order valence-electron chi connectivity index (χ4n) is 4.72. The number of rotatable bonds is 5. The molecule has 2 aliphatic heterocycles. The fourth-order valence-corrected chi connectivity index (χ4v) is 4.72. The van der Waals surface area contributed by atoms with E-state index in [1.54, 1.807) is 7.11 Å². The van der Waals surface area contributed by atoms with Crippen molar-refractivity contribution in [2.45, 2.75) is 51.1 Å². The minimum atomic E-state index is -0.430. The second kappa shape index (κ2) is 7.92. The summed E-state index contributed by atoms with van der Waals surface area (Å²) < 4.78 is 11.6. The standard InChI is InChI=1S/C26H31N5O2/c1-25(2)15-21(17-9-7-6-8-10-17)28-22-20(16-27-31(22)25)23-29-30-24(33-23)26(3,4)18-11-13-19(32-5)14-12-18/h6-14,21,27-28H,15-16H2,1-5H3. The van der Waals surface area contributed by atoms with Crippen LogP contribution >= 0.6 is 0 Å². The van der Waals surface area contributed by atoms with Crippen LogP contribution in [0.5, 0.6) is 5.75 Å². The molecule has 2 aliphatic rings. The van der Waals surface area contributed by atoms with Gasteiger partial charge in [0.05, 0.1) is 29.7 Å². The molecule has 7 heteroatoms. The molecule has 0 radical (unpaired) electrons. The van der Waals surface area contributed by atoms with E-state index in [0.717, 1.165) is 29.1 Å². The monoisotopic (exact) mass is 445 g/mol. The summed E-state index contributed by atoms with van der Waals surface area (Å²) in [7, 11) is 1.67. The Hall–Kier alpha value is -3.32. The van der Waals surface area contributed by atoms with Gasteiger partial charge in [-0.3, -0.25) is 5.01 Å². The molecule has 7 nitrogen and oxygen atoms in total. The van der Waals surface area contributed by atoms with Crippen molar-refractivity contribution in [1.82, 2.24) is 25.9 Å². The van der Waals surface area contributed by atoms with Crippen molar-refractivity contribution in [3.05, 3.63) is 83.3 Å². The van der Waals surface area contributed by atoms with Gasteiger partial charge in [0, 0.05) is 6.54 Å². The number of hydrazine groups is 1. The van der Waals surface area contributed by atoms with E-state index in [0.29, 0.717) is 18.3 Å². The Morgan fingerprint density at radius 1 is 1.06 bits per heavy atom. The molecule has 2 N–H and O–H groups in total. The maximum absolute atomic E-state index is 6.28. The SMILES string of the molecule is COc1ccc(C(C)(C)c2nnc(C3=C4NC(c5ccccc5)CC(C)(C)N4NC3)o2)cc1. The minimum Gasteiger partial charge on any atom is -0.497 e. The van der Waals surface area contributed by atoms with Gasteiger partial charge >= 0.3 is 0 Å². The molecule has 0 saturated carbocycles. The third-order valence-corrected chi connectivity index (χ3v) is 6.77. The topological polar surface area (TPSA) is 75.5 Å². The molecule has 1 fully saturated rings. The summed E-state index contributed by atoms with van der Waals surface area (Å²) in [5.74, 6) is 2.97. The van der Waals surface area contributed by atoms with Gasteiger partial charge in [-0.15, -0.1) is 10.2 Å². The predicted molar refractivity (Wildman–Crippen MR) is 127 cm³/mol. The molecule has 2 aromatic carbocycles. The van der Waals surface area contributed by atoms with E-state index in [1.165, 1.54) is 5.56 Å².